The SMILES string of the molecule is CCCC[C@]1(CC)CS(=O)(=O)c2ccc(N(C)C)cc2[C@@H](c2cccc(NC(=O)NC3O[C@H](COS(=O)(=O)O)[C@@H](O)[C@H](OCc4ccccc4)[C@H]3O)c2)[C@H]1O.CC[O-].O.[K+]. The molecule has 0 aromatic heterocycles. The molecule has 1 unspecified atom stereocenters. The smallest absolute Gasteiger partial charge is 0.855 e. The van der Waals surface area contributed by atoms with Crippen molar-refractivity contribution in [2.24, 2.45) is 5.41 Å². The Hall–Kier alpha value is -2.09. The number of rotatable bonds is 14. The zero-order valence-corrected chi connectivity index (χ0v) is 39.6. The van der Waals surface area contributed by atoms with E-state index >= 15 is 0 Å². The molecule has 0 saturated carbocycles. The van der Waals surface area contributed by atoms with Gasteiger partial charge >= 0.3 is 67.8 Å². The first kappa shape index (κ1) is 54.0. The van der Waals surface area contributed by atoms with Crippen LogP contribution in [0.5, 0.6) is 0 Å². The Morgan fingerprint density at radius 3 is 2.27 bits per heavy atom. The number of urea groups is 1. The first-order chi connectivity index (χ1) is 27.4. The Bertz CT molecular complexity index is 2030. The summed E-state index contributed by atoms with van der Waals surface area (Å²) in [5.41, 5.74) is 1.78. The molecule has 0 aliphatic carbocycles. The molecule has 1 saturated heterocycles. The number of sulfone groups is 1. The standard InChI is InChI=1S/C38H51N3O12S2.C2H5O.K.H2O/c1-5-7-18-38(6-2)23-54(46,47)30-17-16-27(41(3)4)20-28(30)31(35(38)44)25-14-11-15-26(19-25)39-37(45)40-36-33(43)34(51-21-24-12-9-8-10-13-24)32(42)29(53-36)22-52-55(48,49)50;1-2-3;;/h8-17,19-20,29,31-36,42-44H,5-7,18,21-23H2,1-4H3,(H2,39,40,45)(H,48,49,50);2H2,1H3;;1H2/q;-1;+1;/t29-,31-,32-,33-,34+,35-,36?,38-;;;/m1.../s1. The quantitative estimate of drug-likeness (QED) is 0.0849. The van der Waals surface area contributed by atoms with Gasteiger partial charge in [-0.1, -0.05) is 76.1 Å². The van der Waals surface area contributed by atoms with Crippen molar-refractivity contribution in [1.82, 2.24) is 5.32 Å². The number of carbonyl (C=O) groups is 1. The van der Waals surface area contributed by atoms with E-state index in [2.05, 4.69) is 14.8 Å². The van der Waals surface area contributed by atoms with Crippen LogP contribution in [-0.4, -0.2) is 118 Å². The molecule has 8 atom stereocenters. The molecule has 20 heteroatoms. The van der Waals surface area contributed by atoms with Crippen LogP contribution in [0.4, 0.5) is 16.2 Å². The Morgan fingerprint density at radius 1 is 1.00 bits per heavy atom. The van der Waals surface area contributed by atoms with Gasteiger partial charge in [0.1, 0.15) is 24.4 Å². The predicted octanol–water partition coefficient (Wildman–Crippen LogP) is -0.862. The van der Waals surface area contributed by atoms with Crippen LogP contribution < -0.4 is 72.0 Å². The van der Waals surface area contributed by atoms with Crippen LogP contribution >= 0.6 is 0 Å². The van der Waals surface area contributed by atoms with E-state index in [0.717, 1.165) is 18.5 Å². The summed E-state index contributed by atoms with van der Waals surface area (Å²) in [6.45, 7) is 4.57. The predicted molar refractivity (Wildman–Crippen MR) is 219 cm³/mol. The summed E-state index contributed by atoms with van der Waals surface area (Å²) >= 11 is 0. The van der Waals surface area contributed by atoms with Crippen molar-refractivity contribution in [2.45, 2.75) is 101 Å². The van der Waals surface area contributed by atoms with E-state index in [9.17, 15) is 36.9 Å². The third-order valence-electron chi connectivity index (χ3n) is 10.5. The summed E-state index contributed by atoms with van der Waals surface area (Å²) < 4.78 is 75.7. The molecule has 0 spiro atoms. The van der Waals surface area contributed by atoms with Crippen LogP contribution in [0.25, 0.3) is 0 Å². The molecule has 17 nitrogen and oxygen atoms in total. The number of hydrogen-bond acceptors (Lipinski definition) is 13. The summed E-state index contributed by atoms with van der Waals surface area (Å²) in [5.74, 6) is -1.00. The number of amides is 2. The molecule has 3 aromatic carbocycles. The van der Waals surface area contributed by atoms with Gasteiger partial charge in [-0.15, -0.1) is 6.61 Å². The van der Waals surface area contributed by atoms with Gasteiger partial charge in [-0.3, -0.25) is 4.55 Å². The molecular formula is C40H58KN3O14S2. The van der Waals surface area contributed by atoms with Crippen molar-refractivity contribution in [3.05, 3.63) is 89.5 Å². The van der Waals surface area contributed by atoms with Gasteiger partial charge in [0, 0.05) is 36.8 Å². The number of ether oxygens (including phenoxy) is 2. The van der Waals surface area contributed by atoms with Gasteiger partial charge < -0.3 is 50.9 Å². The number of carbonyl (C=O) groups excluding carboxylic acids is 1. The molecule has 2 heterocycles. The van der Waals surface area contributed by atoms with Gasteiger partial charge in [0.05, 0.1) is 30.0 Å². The first-order valence-corrected chi connectivity index (χ1v) is 22.2. The Morgan fingerprint density at radius 2 is 1.67 bits per heavy atom. The van der Waals surface area contributed by atoms with E-state index in [-0.39, 0.29) is 86.4 Å². The average Bonchev–Trinajstić information content (AvgIpc) is 3.24. The topological polar surface area (TPSA) is 276 Å². The fourth-order valence-corrected chi connectivity index (χ4v) is 9.98. The minimum atomic E-state index is -4.93. The largest absolute Gasteiger partial charge is 1.00 e. The molecule has 330 valence electrons. The van der Waals surface area contributed by atoms with E-state index in [1.54, 1.807) is 79.7 Å². The molecule has 2 amide bonds. The Kier molecular flexibility index (Phi) is 21.7. The number of hydrogen-bond donors (Lipinski definition) is 6. The van der Waals surface area contributed by atoms with Crippen LogP contribution in [-0.2, 0) is 40.5 Å². The van der Waals surface area contributed by atoms with Gasteiger partial charge in [-0.25, -0.2) is 17.4 Å². The maximum Gasteiger partial charge on any atom is 1.00 e. The summed E-state index contributed by atoms with van der Waals surface area (Å²) in [7, 11) is -5.07. The third kappa shape index (κ3) is 14.0. The molecule has 8 N–H and O–H groups in total. The summed E-state index contributed by atoms with van der Waals surface area (Å²) in [4.78, 5) is 15.5. The molecule has 60 heavy (non-hydrogen) atoms. The van der Waals surface area contributed by atoms with Crippen LogP contribution in [0.15, 0.2) is 77.7 Å². The van der Waals surface area contributed by atoms with E-state index in [1.807, 2.05) is 32.8 Å². The van der Waals surface area contributed by atoms with Gasteiger partial charge in [0.2, 0.25) is 0 Å². The summed E-state index contributed by atoms with van der Waals surface area (Å²) in [6.07, 6.45) is -6.32. The van der Waals surface area contributed by atoms with Crippen LogP contribution in [0.3, 0.4) is 0 Å². The molecule has 0 radical (unpaired) electrons. The maximum absolute atomic E-state index is 14.0. The fourth-order valence-electron chi connectivity index (χ4n) is 7.42. The zero-order valence-electron chi connectivity index (χ0n) is 34.9. The minimum absolute atomic E-state index is 0. The van der Waals surface area contributed by atoms with Crippen LogP contribution in [0, 0.1) is 5.41 Å². The van der Waals surface area contributed by atoms with Crippen molar-refractivity contribution < 1.29 is 117 Å². The number of anilines is 2. The van der Waals surface area contributed by atoms with Gasteiger partial charge in [0.25, 0.3) is 0 Å². The van der Waals surface area contributed by atoms with E-state index < -0.39 is 81.0 Å². The van der Waals surface area contributed by atoms with Gasteiger partial charge in [-0.2, -0.15) is 8.42 Å². The van der Waals surface area contributed by atoms with E-state index in [4.69, 9.17) is 19.1 Å². The second kappa shape index (κ2) is 24.1. The molecule has 3 aromatic rings. The van der Waals surface area contributed by atoms with Gasteiger partial charge in [0.15, 0.2) is 16.1 Å². The number of aliphatic hydroxyl groups excluding tert-OH is 3. The number of fused-ring (bicyclic) bond motifs is 1. The van der Waals surface area contributed by atoms with E-state index in [1.165, 1.54) is 0 Å². The number of nitrogens with zero attached hydrogens (tertiary/aromatic N) is 1. The molecule has 2 aliphatic rings. The minimum Gasteiger partial charge on any atom is -0.855 e. The Balaban J connectivity index is 0.00000241. The van der Waals surface area contributed by atoms with Crippen molar-refractivity contribution in [3.63, 3.8) is 0 Å². The molecule has 1 fully saturated rings. The molecule has 2 aliphatic heterocycles. The second-order valence-corrected chi connectivity index (χ2v) is 17.7. The normalized spacial score (nSPS) is 25.7. The van der Waals surface area contributed by atoms with Crippen molar-refractivity contribution in [1.29, 1.82) is 0 Å². The molecule has 0 bridgehead atoms. The number of nitrogens with one attached hydrogen (secondary N) is 2. The van der Waals surface area contributed by atoms with Gasteiger partial charge in [-0.05, 0) is 59.9 Å². The van der Waals surface area contributed by atoms with Crippen LogP contribution in [0.1, 0.15) is 69.1 Å². The van der Waals surface area contributed by atoms with Crippen molar-refractivity contribution in [2.75, 3.05) is 43.3 Å². The summed E-state index contributed by atoms with van der Waals surface area (Å²) in [6, 6.07) is 19.8. The molecule has 5 rings (SSSR count). The van der Waals surface area contributed by atoms with Crippen molar-refractivity contribution in [3.8, 4) is 0 Å². The number of unbranched alkanes of at least 4 members (excludes halogenated alkanes) is 1. The first-order valence-electron chi connectivity index (χ1n) is 19.2. The average molecular weight is 908 g/mol. The summed E-state index contributed by atoms with van der Waals surface area (Å²) in [5, 5.41) is 48.6. The van der Waals surface area contributed by atoms with E-state index in [0.29, 0.717) is 29.5 Å². The maximum atomic E-state index is 14.0. The Labute approximate surface area is 395 Å². The van der Waals surface area contributed by atoms with Crippen molar-refractivity contribution >= 4 is 37.6 Å². The monoisotopic (exact) mass is 907 g/mol. The van der Waals surface area contributed by atoms with Crippen LogP contribution in [0.2, 0.25) is 0 Å². The fraction of sp³-hybridized carbons (Fsp3) is 0.525. The third-order valence-corrected chi connectivity index (χ3v) is 12.9. The number of aliphatic hydroxyl groups is 3. The molecular weight excluding hydrogens is 850 g/mol. The zero-order chi connectivity index (χ0) is 42.8. The number of benzene rings is 3. The second-order valence-electron chi connectivity index (χ2n) is 14.7.